The van der Waals surface area contributed by atoms with Crippen LogP contribution in [0, 0.1) is 11.8 Å². The van der Waals surface area contributed by atoms with Gasteiger partial charge in [-0.1, -0.05) is 61.1 Å². The second-order valence-corrected chi connectivity index (χ2v) is 9.88. The Morgan fingerprint density at radius 1 is 0.912 bits per heavy atom. The molecule has 0 spiro atoms. The summed E-state index contributed by atoms with van der Waals surface area (Å²) in [5.41, 5.74) is 1.43. The molecule has 0 saturated carbocycles. The molecule has 2 heterocycles. The SMILES string of the molecule is O=C(O)CCC/C=C\C[C@@H]1[C@H](CCCCOC/C=C/CCCCc2ccccc2)[C@@H]2CC[C@H]1O2. The number of fused-ring (bicyclic) bond motifs is 2. The molecule has 4 atom stereocenters. The molecule has 4 nitrogen and oxygen atoms in total. The molecule has 1 aromatic carbocycles. The van der Waals surface area contributed by atoms with Gasteiger partial charge in [0.25, 0.3) is 0 Å². The van der Waals surface area contributed by atoms with Crippen LogP contribution in [0.3, 0.4) is 0 Å². The molecule has 2 saturated heterocycles. The molecule has 2 aliphatic heterocycles. The van der Waals surface area contributed by atoms with E-state index < -0.39 is 5.97 Å². The van der Waals surface area contributed by atoms with Gasteiger partial charge < -0.3 is 14.6 Å². The van der Waals surface area contributed by atoms with Gasteiger partial charge in [-0.3, -0.25) is 4.79 Å². The van der Waals surface area contributed by atoms with Gasteiger partial charge in [-0.05, 0) is 88.0 Å². The topological polar surface area (TPSA) is 55.8 Å². The van der Waals surface area contributed by atoms with E-state index in [1.807, 2.05) is 0 Å². The summed E-state index contributed by atoms with van der Waals surface area (Å²) < 4.78 is 12.0. The van der Waals surface area contributed by atoms with Crippen LogP contribution in [-0.2, 0) is 20.7 Å². The minimum absolute atomic E-state index is 0.261. The highest BCUT2D eigenvalue weighted by Gasteiger charge is 2.47. The van der Waals surface area contributed by atoms with Gasteiger partial charge in [-0.2, -0.15) is 0 Å². The molecule has 4 heteroatoms. The average molecular weight is 469 g/mol. The van der Waals surface area contributed by atoms with Crippen molar-refractivity contribution < 1.29 is 19.4 Å². The zero-order chi connectivity index (χ0) is 23.8. The number of benzene rings is 1. The first-order valence-electron chi connectivity index (χ1n) is 13.5. The predicted molar refractivity (Wildman–Crippen MR) is 138 cm³/mol. The number of hydrogen-bond donors (Lipinski definition) is 1. The maximum atomic E-state index is 10.6. The summed E-state index contributed by atoms with van der Waals surface area (Å²) in [6.45, 7) is 1.57. The Labute approximate surface area is 206 Å². The van der Waals surface area contributed by atoms with E-state index in [9.17, 15) is 4.79 Å². The van der Waals surface area contributed by atoms with Gasteiger partial charge in [0.15, 0.2) is 0 Å². The van der Waals surface area contributed by atoms with E-state index in [-0.39, 0.29) is 6.42 Å². The summed E-state index contributed by atoms with van der Waals surface area (Å²) in [4.78, 5) is 10.6. The van der Waals surface area contributed by atoms with E-state index in [4.69, 9.17) is 14.6 Å². The van der Waals surface area contributed by atoms with Crippen LogP contribution in [0.2, 0.25) is 0 Å². The summed E-state index contributed by atoms with van der Waals surface area (Å²) >= 11 is 0. The third-order valence-corrected chi connectivity index (χ3v) is 7.31. The molecule has 0 unspecified atom stereocenters. The highest BCUT2D eigenvalue weighted by Crippen LogP contribution is 2.47. The zero-order valence-electron chi connectivity index (χ0n) is 20.8. The molecule has 0 amide bonds. The maximum absolute atomic E-state index is 10.6. The van der Waals surface area contributed by atoms with Crippen molar-refractivity contribution in [3.8, 4) is 0 Å². The van der Waals surface area contributed by atoms with Crippen molar-refractivity contribution in [2.75, 3.05) is 13.2 Å². The number of aryl methyl sites for hydroxylation is 1. The summed E-state index contributed by atoms with van der Waals surface area (Å²) in [5.74, 6) is 0.614. The summed E-state index contributed by atoms with van der Waals surface area (Å²) in [6, 6.07) is 10.7. The molecule has 0 aromatic heterocycles. The Kier molecular flexibility index (Phi) is 12.5. The molecule has 2 aliphatic rings. The lowest BCUT2D eigenvalue weighted by Gasteiger charge is -2.27. The second kappa shape index (κ2) is 15.9. The lowest BCUT2D eigenvalue weighted by atomic mass is 9.75. The van der Waals surface area contributed by atoms with Crippen LogP contribution in [0.4, 0.5) is 0 Å². The Hall–Kier alpha value is -1.91. The number of allylic oxidation sites excluding steroid dienone is 3. The molecule has 1 aromatic rings. The highest BCUT2D eigenvalue weighted by molar-refractivity contribution is 5.66. The first-order chi connectivity index (χ1) is 16.7. The van der Waals surface area contributed by atoms with E-state index >= 15 is 0 Å². The van der Waals surface area contributed by atoms with Crippen LogP contribution in [0.15, 0.2) is 54.6 Å². The molecule has 2 fully saturated rings. The van der Waals surface area contributed by atoms with E-state index in [1.165, 1.54) is 50.5 Å². The lowest BCUT2D eigenvalue weighted by molar-refractivity contribution is -0.137. The van der Waals surface area contributed by atoms with Crippen LogP contribution in [0.1, 0.15) is 82.6 Å². The van der Waals surface area contributed by atoms with Crippen molar-refractivity contribution in [3.63, 3.8) is 0 Å². The molecular formula is C30H44O4. The molecule has 0 radical (unpaired) electrons. The van der Waals surface area contributed by atoms with Crippen LogP contribution < -0.4 is 0 Å². The number of unbranched alkanes of at least 4 members (excludes halogenated alkanes) is 4. The van der Waals surface area contributed by atoms with Gasteiger partial charge in [0, 0.05) is 13.0 Å². The third-order valence-electron chi connectivity index (χ3n) is 7.31. The summed E-state index contributed by atoms with van der Waals surface area (Å²) in [7, 11) is 0. The van der Waals surface area contributed by atoms with E-state index in [2.05, 4.69) is 54.6 Å². The first-order valence-corrected chi connectivity index (χ1v) is 13.5. The highest BCUT2D eigenvalue weighted by atomic mass is 16.5. The minimum Gasteiger partial charge on any atom is -0.481 e. The monoisotopic (exact) mass is 468 g/mol. The van der Waals surface area contributed by atoms with Crippen LogP contribution in [0.25, 0.3) is 0 Å². The minimum atomic E-state index is -0.704. The Morgan fingerprint density at radius 3 is 2.50 bits per heavy atom. The van der Waals surface area contributed by atoms with E-state index in [0.717, 1.165) is 45.3 Å². The van der Waals surface area contributed by atoms with Crippen molar-refractivity contribution in [1.82, 2.24) is 0 Å². The fourth-order valence-corrected chi connectivity index (χ4v) is 5.50. The normalized spacial score (nSPS) is 24.0. The molecule has 1 N–H and O–H groups in total. The number of ether oxygens (including phenoxy) is 2. The number of carbonyl (C=O) groups is 1. The number of carboxylic acids is 1. The molecule has 188 valence electrons. The van der Waals surface area contributed by atoms with Crippen LogP contribution >= 0.6 is 0 Å². The van der Waals surface area contributed by atoms with Crippen molar-refractivity contribution in [3.05, 3.63) is 60.2 Å². The quantitative estimate of drug-likeness (QED) is 0.184. The first kappa shape index (κ1) is 26.7. The van der Waals surface area contributed by atoms with Gasteiger partial charge >= 0.3 is 5.97 Å². The summed E-state index contributed by atoms with van der Waals surface area (Å²) in [6.07, 6.45) is 23.5. The second-order valence-electron chi connectivity index (χ2n) is 9.88. The number of hydrogen-bond acceptors (Lipinski definition) is 3. The average Bonchev–Trinajstić information content (AvgIpc) is 3.44. The zero-order valence-corrected chi connectivity index (χ0v) is 20.8. The van der Waals surface area contributed by atoms with Gasteiger partial charge in [0.2, 0.25) is 0 Å². The Morgan fingerprint density at radius 2 is 1.68 bits per heavy atom. The predicted octanol–water partition coefficient (Wildman–Crippen LogP) is 7.14. The van der Waals surface area contributed by atoms with Gasteiger partial charge in [0.05, 0.1) is 18.8 Å². The van der Waals surface area contributed by atoms with Gasteiger partial charge in [-0.25, -0.2) is 0 Å². The third kappa shape index (κ3) is 9.76. The molecule has 3 rings (SSSR count). The Bertz CT molecular complexity index is 741. The van der Waals surface area contributed by atoms with Crippen molar-refractivity contribution in [1.29, 1.82) is 0 Å². The Balaban J connectivity index is 1.18. The van der Waals surface area contributed by atoms with E-state index in [1.54, 1.807) is 0 Å². The standard InChI is InChI=1S/C30H44O4/c31-30(32)20-11-4-3-10-18-26-27(29-22-21-28(26)34-29)19-12-14-24-33-23-13-5-1-2-7-15-25-16-8-6-9-17-25/h3,5-6,8-10,13,16-17,26-29H,1-2,4,7,11-12,14-15,18-24H2,(H,31,32)/b10-3-,13-5+/t26-,27+,28-,29+/m1/s1. The lowest BCUT2D eigenvalue weighted by Crippen LogP contribution is -2.26. The van der Waals surface area contributed by atoms with Crippen molar-refractivity contribution in [2.24, 2.45) is 11.8 Å². The fraction of sp³-hybridized carbons (Fsp3) is 0.633. The van der Waals surface area contributed by atoms with E-state index in [0.29, 0.717) is 24.0 Å². The van der Waals surface area contributed by atoms with Crippen LogP contribution in [0.5, 0.6) is 0 Å². The summed E-state index contributed by atoms with van der Waals surface area (Å²) in [5, 5.41) is 8.73. The smallest absolute Gasteiger partial charge is 0.303 e. The molecule has 0 aliphatic carbocycles. The molecule has 34 heavy (non-hydrogen) atoms. The van der Waals surface area contributed by atoms with Gasteiger partial charge in [-0.15, -0.1) is 0 Å². The molecular weight excluding hydrogens is 424 g/mol. The number of aliphatic carboxylic acids is 1. The number of rotatable bonds is 18. The molecule has 2 bridgehead atoms. The fourth-order valence-electron chi connectivity index (χ4n) is 5.50. The largest absolute Gasteiger partial charge is 0.481 e. The number of carboxylic acid groups (broad SMARTS) is 1. The van der Waals surface area contributed by atoms with Gasteiger partial charge in [0.1, 0.15) is 0 Å². The van der Waals surface area contributed by atoms with Crippen molar-refractivity contribution in [2.45, 2.75) is 95.7 Å². The van der Waals surface area contributed by atoms with Crippen molar-refractivity contribution >= 4 is 5.97 Å². The van der Waals surface area contributed by atoms with Crippen LogP contribution in [-0.4, -0.2) is 36.5 Å². The maximum Gasteiger partial charge on any atom is 0.303 e.